The molecule has 0 unspecified atom stereocenters. The summed E-state index contributed by atoms with van der Waals surface area (Å²) in [5, 5.41) is 9.96. The molecule has 0 atom stereocenters. The molecule has 7 nitrogen and oxygen atoms in total. The van der Waals surface area contributed by atoms with Gasteiger partial charge in [0.05, 0.1) is 16.5 Å². The molecule has 27 heavy (non-hydrogen) atoms. The monoisotopic (exact) mass is 497 g/mol. The van der Waals surface area contributed by atoms with Gasteiger partial charge in [-0.3, -0.25) is 0 Å². The first-order valence-electron chi connectivity index (χ1n) is 7.71. The molecule has 140 valence electrons. The van der Waals surface area contributed by atoms with Crippen LogP contribution in [-0.4, -0.2) is 17.7 Å². The number of hydrogen-bond donors (Lipinski definition) is 2. The highest BCUT2D eigenvalue weighted by Gasteiger charge is 2.25. The van der Waals surface area contributed by atoms with E-state index >= 15 is 0 Å². The van der Waals surface area contributed by atoms with Gasteiger partial charge in [0, 0.05) is 22.3 Å². The van der Waals surface area contributed by atoms with E-state index in [1.54, 1.807) is 13.0 Å². The zero-order chi connectivity index (χ0) is 19.7. The van der Waals surface area contributed by atoms with Crippen LogP contribution in [0.1, 0.15) is 17.3 Å². The molecule has 3 N–H and O–H groups in total. The van der Waals surface area contributed by atoms with Crippen molar-refractivity contribution < 1.29 is 23.8 Å². The van der Waals surface area contributed by atoms with Gasteiger partial charge >= 0.3 is 11.6 Å². The Bertz CT molecular complexity index is 1110. The van der Waals surface area contributed by atoms with E-state index in [0.29, 0.717) is 20.0 Å². The molecule has 0 radical (unpaired) electrons. The predicted molar refractivity (Wildman–Crippen MR) is 106 cm³/mol. The highest BCUT2D eigenvalue weighted by molar-refractivity contribution is 9.11. The first kappa shape index (κ1) is 19.2. The van der Waals surface area contributed by atoms with Gasteiger partial charge in [-0.05, 0) is 57.0 Å². The van der Waals surface area contributed by atoms with Crippen LogP contribution in [0.5, 0.6) is 17.2 Å². The molecule has 0 amide bonds. The highest BCUT2D eigenvalue weighted by atomic mass is 79.9. The fourth-order valence-electron chi connectivity index (χ4n) is 2.38. The molecule has 9 heteroatoms. The number of carbonyl (C=O) groups is 1. The third-order valence-electron chi connectivity index (χ3n) is 3.59. The molecule has 0 aliphatic rings. The number of ether oxygens (including phenoxy) is 2. The first-order chi connectivity index (χ1) is 12.8. The van der Waals surface area contributed by atoms with Gasteiger partial charge < -0.3 is 24.7 Å². The van der Waals surface area contributed by atoms with E-state index in [1.807, 2.05) is 0 Å². The molecule has 2 aromatic carbocycles. The number of phenols is 1. The van der Waals surface area contributed by atoms with Gasteiger partial charge in [-0.25, -0.2) is 9.59 Å². The molecule has 0 bridgehead atoms. The van der Waals surface area contributed by atoms with Crippen molar-refractivity contribution in [3.63, 3.8) is 0 Å². The molecule has 0 aliphatic heterocycles. The SMILES string of the molecule is CCOC(=O)c1c(Oc2cc(N)c(Br)cc2Br)c2ccc(O)cc2oc1=O. The number of anilines is 1. The van der Waals surface area contributed by atoms with Crippen molar-refractivity contribution >= 4 is 54.5 Å². The first-order valence-corrected chi connectivity index (χ1v) is 9.29. The van der Waals surface area contributed by atoms with Crippen LogP contribution in [0.15, 0.2) is 48.5 Å². The van der Waals surface area contributed by atoms with E-state index in [4.69, 9.17) is 19.6 Å². The van der Waals surface area contributed by atoms with E-state index in [0.717, 1.165) is 0 Å². The van der Waals surface area contributed by atoms with Crippen molar-refractivity contribution in [2.75, 3.05) is 12.3 Å². The topological polar surface area (TPSA) is 112 Å². The van der Waals surface area contributed by atoms with Crippen LogP contribution in [0.3, 0.4) is 0 Å². The summed E-state index contributed by atoms with van der Waals surface area (Å²) in [6, 6.07) is 7.32. The van der Waals surface area contributed by atoms with Crippen LogP contribution in [0.25, 0.3) is 11.0 Å². The van der Waals surface area contributed by atoms with Crippen LogP contribution >= 0.6 is 31.9 Å². The Hall–Kier alpha value is -2.52. The standard InChI is InChI=1S/C18H13Br2NO6/c1-2-25-17(23)15-16(26-14-7-12(21)10(19)6-11(14)20)9-4-3-8(22)5-13(9)27-18(15)24/h3-7,22H,2,21H2,1H3. The number of esters is 1. The van der Waals surface area contributed by atoms with Gasteiger partial charge in [0.1, 0.15) is 17.1 Å². The van der Waals surface area contributed by atoms with Crippen molar-refractivity contribution in [1.82, 2.24) is 0 Å². The fraction of sp³-hybridized carbons (Fsp3) is 0.111. The zero-order valence-corrected chi connectivity index (χ0v) is 17.1. The average molecular weight is 499 g/mol. The number of benzene rings is 2. The second kappa shape index (κ2) is 7.61. The van der Waals surface area contributed by atoms with Crippen LogP contribution in [-0.2, 0) is 4.74 Å². The van der Waals surface area contributed by atoms with E-state index < -0.39 is 11.6 Å². The highest BCUT2D eigenvalue weighted by Crippen LogP contribution is 2.39. The number of halogens is 2. The van der Waals surface area contributed by atoms with Crippen molar-refractivity contribution in [1.29, 1.82) is 0 Å². The molecule has 1 aromatic heterocycles. The zero-order valence-electron chi connectivity index (χ0n) is 13.9. The summed E-state index contributed by atoms with van der Waals surface area (Å²) >= 11 is 6.66. The second-order valence-electron chi connectivity index (χ2n) is 5.40. The largest absolute Gasteiger partial charge is 0.508 e. The van der Waals surface area contributed by atoms with E-state index in [2.05, 4.69) is 31.9 Å². The smallest absolute Gasteiger partial charge is 0.354 e. The predicted octanol–water partition coefficient (Wildman–Crippen LogP) is 4.57. The lowest BCUT2D eigenvalue weighted by Gasteiger charge is -2.14. The summed E-state index contributed by atoms with van der Waals surface area (Å²) in [4.78, 5) is 24.7. The van der Waals surface area contributed by atoms with Crippen molar-refractivity contribution in [2.24, 2.45) is 0 Å². The van der Waals surface area contributed by atoms with Crippen LogP contribution in [0, 0.1) is 0 Å². The Morgan fingerprint density at radius 3 is 2.67 bits per heavy atom. The number of nitrogen functional groups attached to an aromatic ring is 1. The lowest BCUT2D eigenvalue weighted by atomic mass is 10.1. The summed E-state index contributed by atoms with van der Waals surface area (Å²) in [6.07, 6.45) is 0. The minimum atomic E-state index is -0.942. The van der Waals surface area contributed by atoms with Crippen molar-refractivity contribution in [3.05, 3.63) is 55.3 Å². The summed E-state index contributed by atoms with van der Waals surface area (Å²) in [5.41, 5.74) is 5.03. The van der Waals surface area contributed by atoms with E-state index in [9.17, 15) is 14.7 Å². The number of aromatic hydroxyl groups is 1. The third-order valence-corrected chi connectivity index (χ3v) is 4.89. The summed E-state index contributed by atoms with van der Waals surface area (Å²) < 4.78 is 17.2. The Labute approximate surface area is 169 Å². The van der Waals surface area contributed by atoms with Crippen molar-refractivity contribution in [2.45, 2.75) is 6.92 Å². The van der Waals surface area contributed by atoms with E-state index in [1.165, 1.54) is 24.3 Å². The van der Waals surface area contributed by atoms with Gasteiger partial charge in [0.2, 0.25) is 0 Å². The third kappa shape index (κ3) is 3.79. The molecule has 3 aromatic rings. The summed E-state index contributed by atoms with van der Waals surface area (Å²) in [7, 11) is 0. The summed E-state index contributed by atoms with van der Waals surface area (Å²) in [5.74, 6) is -0.754. The maximum Gasteiger partial charge on any atom is 0.354 e. The molecule has 0 saturated heterocycles. The number of hydrogen-bond acceptors (Lipinski definition) is 7. The Morgan fingerprint density at radius 1 is 1.22 bits per heavy atom. The molecule has 1 heterocycles. The van der Waals surface area contributed by atoms with Crippen LogP contribution < -0.4 is 16.1 Å². The van der Waals surface area contributed by atoms with Crippen molar-refractivity contribution in [3.8, 4) is 17.2 Å². The molecule has 0 saturated carbocycles. The number of carbonyl (C=O) groups excluding carboxylic acids is 1. The number of phenolic OH excluding ortho intramolecular Hbond substituents is 1. The second-order valence-corrected chi connectivity index (χ2v) is 7.11. The molecule has 3 rings (SSSR count). The summed E-state index contributed by atoms with van der Waals surface area (Å²) in [6.45, 7) is 1.69. The van der Waals surface area contributed by atoms with Crippen LogP contribution in [0.4, 0.5) is 5.69 Å². The molecule has 0 aliphatic carbocycles. The number of rotatable bonds is 4. The van der Waals surface area contributed by atoms with Gasteiger partial charge in [-0.15, -0.1) is 0 Å². The molecule has 0 spiro atoms. The Morgan fingerprint density at radius 2 is 1.96 bits per heavy atom. The molecular formula is C18H13Br2NO6. The molecule has 0 fully saturated rings. The number of fused-ring (bicyclic) bond motifs is 1. The minimum Gasteiger partial charge on any atom is -0.508 e. The maximum atomic E-state index is 12.4. The fourth-order valence-corrected chi connectivity index (χ4v) is 3.45. The van der Waals surface area contributed by atoms with E-state index in [-0.39, 0.29) is 35.0 Å². The van der Waals surface area contributed by atoms with Crippen LogP contribution in [0.2, 0.25) is 0 Å². The quantitative estimate of drug-likeness (QED) is 0.307. The normalized spacial score (nSPS) is 10.8. The maximum absolute atomic E-state index is 12.4. The van der Waals surface area contributed by atoms with Gasteiger partial charge in [0.25, 0.3) is 0 Å². The Kier molecular flexibility index (Phi) is 5.43. The average Bonchev–Trinajstić information content (AvgIpc) is 2.59. The van der Waals surface area contributed by atoms with Gasteiger partial charge in [0.15, 0.2) is 11.3 Å². The van der Waals surface area contributed by atoms with Gasteiger partial charge in [-0.1, -0.05) is 0 Å². The lowest BCUT2D eigenvalue weighted by Crippen LogP contribution is -2.18. The number of nitrogens with two attached hydrogens (primary N) is 1. The molecular weight excluding hydrogens is 486 g/mol. The van der Waals surface area contributed by atoms with Gasteiger partial charge in [-0.2, -0.15) is 0 Å². The Balaban J connectivity index is 2.28. The minimum absolute atomic E-state index is 0.0536. The lowest BCUT2D eigenvalue weighted by molar-refractivity contribution is 0.0519.